The molecule has 0 radical (unpaired) electrons. The molecule has 1 unspecified atom stereocenters. The molecule has 34 valence electrons. The Morgan fingerprint density at radius 1 is 1.86 bits per heavy atom. The number of carbonyl (C=O) groups excluding carboxylic acids is 1. The summed E-state index contributed by atoms with van der Waals surface area (Å²) in [7, 11) is 0. The second kappa shape index (κ2) is 3.16. The number of carboxylic acid groups (broad SMARTS) is 1. The van der Waals surface area contributed by atoms with Crippen LogP contribution in [0.1, 0.15) is 0 Å². The van der Waals surface area contributed by atoms with Gasteiger partial charge in [0.05, 0.1) is 12.6 Å². The van der Waals surface area contributed by atoms with Crippen molar-refractivity contribution in [1.82, 2.24) is 0 Å². The van der Waals surface area contributed by atoms with E-state index in [0.717, 1.165) is 0 Å². The summed E-state index contributed by atoms with van der Waals surface area (Å²) in [6.45, 7) is 0.336. The van der Waals surface area contributed by atoms with Crippen molar-refractivity contribution in [3.8, 4) is 0 Å². The number of hydrogen-bond donors (Lipinski definition) is 0. The fourth-order valence-electron chi connectivity index (χ4n) is 0.184. The first kappa shape index (κ1) is 8.07. The Morgan fingerprint density at radius 3 is 2.29 bits per heavy atom. The molecule has 1 aliphatic rings. The Hall–Kier alpha value is 1.07. The van der Waals surface area contributed by atoms with E-state index in [-0.39, 0.29) is 51.4 Å². The molecule has 0 aromatic heterocycles. The average molecular weight is 126 g/mol. The van der Waals surface area contributed by atoms with Gasteiger partial charge in [0.25, 0.3) is 0 Å². The molecule has 0 bridgehead atoms. The molecule has 1 atom stereocenters. The summed E-state index contributed by atoms with van der Waals surface area (Å²) in [5, 5.41) is 9.53. The standard InChI is InChI=1S/C3H4O3.K/c4-3(5)2-1-6-2;/h2H,1H2,(H,4,5);/q;+1/p-1. The second-order valence-corrected chi connectivity index (χ2v) is 1.14. The van der Waals surface area contributed by atoms with E-state index in [2.05, 4.69) is 4.74 Å². The normalized spacial score (nSPS) is 25.4. The van der Waals surface area contributed by atoms with Crippen LogP contribution in [0.3, 0.4) is 0 Å². The smallest absolute Gasteiger partial charge is 0.547 e. The molecule has 1 heterocycles. The van der Waals surface area contributed by atoms with Gasteiger partial charge in [-0.05, 0) is 0 Å². The fraction of sp³-hybridized carbons (Fsp3) is 0.667. The zero-order valence-corrected chi connectivity index (χ0v) is 7.13. The third kappa shape index (κ3) is 2.79. The molecule has 0 saturated carbocycles. The van der Waals surface area contributed by atoms with Crippen molar-refractivity contribution in [1.29, 1.82) is 0 Å². The van der Waals surface area contributed by atoms with Crippen LogP contribution in [-0.4, -0.2) is 18.7 Å². The Morgan fingerprint density at radius 2 is 2.29 bits per heavy atom. The SMILES string of the molecule is O=C([O-])C1CO1.[K+]. The van der Waals surface area contributed by atoms with Gasteiger partial charge in [0.1, 0.15) is 6.10 Å². The number of aliphatic carboxylic acids is 1. The summed E-state index contributed by atoms with van der Waals surface area (Å²) in [6.07, 6.45) is -0.593. The molecular weight excluding hydrogens is 123 g/mol. The first-order chi connectivity index (χ1) is 2.80. The number of rotatable bonds is 1. The van der Waals surface area contributed by atoms with Crippen molar-refractivity contribution in [2.75, 3.05) is 6.61 Å². The largest absolute Gasteiger partial charge is 1.00 e. The van der Waals surface area contributed by atoms with E-state index < -0.39 is 12.1 Å². The molecule has 1 aliphatic heterocycles. The van der Waals surface area contributed by atoms with Crippen molar-refractivity contribution >= 4 is 5.97 Å². The molecule has 0 aromatic carbocycles. The van der Waals surface area contributed by atoms with Gasteiger partial charge in [-0.3, -0.25) is 0 Å². The van der Waals surface area contributed by atoms with Crippen molar-refractivity contribution in [3.63, 3.8) is 0 Å². The van der Waals surface area contributed by atoms with Gasteiger partial charge in [0, 0.05) is 0 Å². The average Bonchev–Trinajstić information content (AvgIpc) is 2.06. The number of carboxylic acids is 1. The Kier molecular flexibility index (Phi) is 3.65. The van der Waals surface area contributed by atoms with Crippen LogP contribution < -0.4 is 56.5 Å². The predicted molar refractivity (Wildman–Crippen MR) is 14.7 cm³/mol. The number of ether oxygens (including phenoxy) is 1. The van der Waals surface area contributed by atoms with Gasteiger partial charge in [0.15, 0.2) is 0 Å². The van der Waals surface area contributed by atoms with Gasteiger partial charge >= 0.3 is 51.4 Å². The van der Waals surface area contributed by atoms with Crippen molar-refractivity contribution in [2.45, 2.75) is 6.10 Å². The molecule has 0 aliphatic carbocycles. The Labute approximate surface area is 83.5 Å². The summed E-state index contributed by atoms with van der Waals surface area (Å²) < 4.78 is 4.31. The van der Waals surface area contributed by atoms with E-state index in [1.165, 1.54) is 0 Å². The summed E-state index contributed by atoms with van der Waals surface area (Å²) >= 11 is 0. The zero-order valence-electron chi connectivity index (χ0n) is 4.01. The Balaban J connectivity index is 0.000000360. The molecular formula is C3H3KO3. The van der Waals surface area contributed by atoms with Gasteiger partial charge < -0.3 is 14.6 Å². The third-order valence-corrected chi connectivity index (χ3v) is 0.596. The molecule has 0 aromatic rings. The molecule has 1 rings (SSSR count). The minimum absolute atomic E-state index is 0. The monoisotopic (exact) mass is 126 g/mol. The first-order valence-corrected chi connectivity index (χ1v) is 1.63. The van der Waals surface area contributed by atoms with Crippen molar-refractivity contribution in [2.24, 2.45) is 0 Å². The van der Waals surface area contributed by atoms with Gasteiger partial charge in [-0.1, -0.05) is 0 Å². The third-order valence-electron chi connectivity index (χ3n) is 0.596. The fourth-order valence-corrected chi connectivity index (χ4v) is 0.184. The van der Waals surface area contributed by atoms with E-state index in [0.29, 0.717) is 6.61 Å². The van der Waals surface area contributed by atoms with Crippen LogP contribution in [0.25, 0.3) is 0 Å². The predicted octanol–water partition coefficient (Wildman–Crippen LogP) is -4.86. The van der Waals surface area contributed by atoms with Crippen LogP contribution in [0.15, 0.2) is 0 Å². The summed E-state index contributed by atoms with van der Waals surface area (Å²) in [4.78, 5) is 9.53. The van der Waals surface area contributed by atoms with Crippen LogP contribution in [0.4, 0.5) is 0 Å². The van der Waals surface area contributed by atoms with Gasteiger partial charge in [0.2, 0.25) is 0 Å². The van der Waals surface area contributed by atoms with Gasteiger partial charge in [-0.2, -0.15) is 0 Å². The van der Waals surface area contributed by atoms with Crippen LogP contribution in [0.5, 0.6) is 0 Å². The molecule has 0 amide bonds. The summed E-state index contributed by atoms with van der Waals surface area (Å²) in [5.74, 6) is -1.10. The maximum Gasteiger partial charge on any atom is 1.00 e. The molecule has 7 heavy (non-hydrogen) atoms. The van der Waals surface area contributed by atoms with E-state index in [1.54, 1.807) is 0 Å². The molecule has 1 fully saturated rings. The van der Waals surface area contributed by atoms with E-state index in [9.17, 15) is 9.90 Å². The maximum atomic E-state index is 9.53. The van der Waals surface area contributed by atoms with E-state index in [4.69, 9.17) is 0 Å². The van der Waals surface area contributed by atoms with Crippen LogP contribution >= 0.6 is 0 Å². The summed E-state index contributed by atoms with van der Waals surface area (Å²) in [6, 6.07) is 0. The minimum Gasteiger partial charge on any atom is -0.547 e. The zero-order chi connectivity index (χ0) is 4.57. The number of carbonyl (C=O) groups is 1. The van der Waals surface area contributed by atoms with Crippen LogP contribution in [-0.2, 0) is 9.53 Å². The molecule has 3 nitrogen and oxygen atoms in total. The van der Waals surface area contributed by atoms with Crippen molar-refractivity contribution in [3.05, 3.63) is 0 Å². The maximum absolute atomic E-state index is 9.53. The topological polar surface area (TPSA) is 52.7 Å². The molecule has 4 heteroatoms. The van der Waals surface area contributed by atoms with E-state index in [1.807, 2.05) is 0 Å². The van der Waals surface area contributed by atoms with Crippen LogP contribution in [0.2, 0.25) is 0 Å². The van der Waals surface area contributed by atoms with Gasteiger partial charge in [-0.25, -0.2) is 0 Å². The quantitative estimate of drug-likeness (QED) is 0.261. The molecule has 1 saturated heterocycles. The molecule has 0 N–H and O–H groups in total. The molecule has 0 spiro atoms. The van der Waals surface area contributed by atoms with Crippen LogP contribution in [0, 0.1) is 0 Å². The minimum atomic E-state index is -1.10. The Bertz CT molecular complexity index is 78.2. The van der Waals surface area contributed by atoms with Crippen molar-refractivity contribution < 1.29 is 66.0 Å². The summed E-state index contributed by atoms with van der Waals surface area (Å²) in [5.41, 5.74) is 0. The number of epoxide rings is 1. The van der Waals surface area contributed by atoms with Gasteiger partial charge in [-0.15, -0.1) is 0 Å². The first-order valence-electron chi connectivity index (χ1n) is 1.63. The number of hydrogen-bond acceptors (Lipinski definition) is 3. The second-order valence-electron chi connectivity index (χ2n) is 1.14. The van der Waals surface area contributed by atoms with E-state index >= 15 is 0 Å².